The second-order valence-corrected chi connectivity index (χ2v) is 7.27. The maximum Gasteiger partial charge on any atom is 0.226 e. The fourth-order valence-electron chi connectivity index (χ4n) is 3.54. The van der Waals surface area contributed by atoms with Crippen molar-refractivity contribution in [2.45, 2.75) is 51.8 Å². The fourth-order valence-corrected chi connectivity index (χ4v) is 3.54. The summed E-state index contributed by atoms with van der Waals surface area (Å²) in [6.07, 6.45) is 2.92. The molecule has 0 aliphatic carbocycles. The van der Waals surface area contributed by atoms with Crippen LogP contribution in [0.15, 0.2) is 30.3 Å². The van der Waals surface area contributed by atoms with Crippen LogP contribution in [-0.4, -0.2) is 42.6 Å². The van der Waals surface area contributed by atoms with E-state index in [1.54, 1.807) is 0 Å². The zero-order chi connectivity index (χ0) is 16.3. The van der Waals surface area contributed by atoms with E-state index in [1.807, 2.05) is 6.92 Å². The topological polar surface area (TPSA) is 41.6 Å². The average molecular weight is 316 g/mol. The molecule has 2 saturated heterocycles. The van der Waals surface area contributed by atoms with E-state index in [-0.39, 0.29) is 23.5 Å². The molecule has 23 heavy (non-hydrogen) atoms. The van der Waals surface area contributed by atoms with Gasteiger partial charge in [-0.15, -0.1) is 0 Å². The summed E-state index contributed by atoms with van der Waals surface area (Å²) in [7, 11) is 0. The fraction of sp³-hybridized carbons (Fsp3) is 0.632. The van der Waals surface area contributed by atoms with Gasteiger partial charge in [0.1, 0.15) is 0 Å². The summed E-state index contributed by atoms with van der Waals surface area (Å²) in [6.45, 7) is 7.86. The van der Waals surface area contributed by atoms with Crippen molar-refractivity contribution < 1.29 is 9.53 Å². The second-order valence-electron chi connectivity index (χ2n) is 7.27. The summed E-state index contributed by atoms with van der Waals surface area (Å²) in [4.78, 5) is 15.2. The van der Waals surface area contributed by atoms with E-state index in [2.05, 4.69) is 47.5 Å². The molecular weight excluding hydrogens is 288 g/mol. The van der Waals surface area contributed by atoms with Crippen molar-refractivity contribution in [1.82, 2.24) is 10.2 Å². The Morgan fingerprint density at radius 1 is 1.30 bits per heavy atom. The third-order valence-electron chi connectivity index (χ3n) is 5.45. The summed E-state index contributed by atoms with van der Waals surface area (Å²) in [6, 6.07) is 10.7. The zero-order valence-corrected chi connectivity index (χ0v) is 14.3. The highest BCUT2D eigenvalue weighted by atomic mass is 16.5. The Bertz CT molecular complexity index is 523. The smallest absolute Gasteiger partial charge is 0.226 e. The molecular formula is C19H28N2O2. The Morgan fingerprint density at radius 2 is 2.00 bits per heavy atom. The first-order chi connectivity index (χ1) is 11.1. The molecule has 3 rings (SSSR count). The summed E-state index contributed by atoms with van der Waals surface area (Å²) in [5.74, 6) is 0.208. The van der Waals surface area contributed by atoms with E-state index in [9.17, 15) is 4.79 Å². The van der Waals surface area contributed by atoms with E-state index in [4.69, 9.17) is 4.74 Å². The van der Waals surface area contributed by atoms with Gasteiger partial charge in [0.25, 0.3) is 0 Å². The molecule has 0 bridgehead atoms. The van der Waals surface area contributed by atoms with Crippen molar-refractivity contribution in [3.8, 4) is 0 Å². The molecule has 2 aliphatic heterocycles. The number of hydrogen-bond donors (Lipinski definition) is 1. The standard InChI is InChI=1S/C19H28N2O2/c1-15-17(8-13-23-15)20-18(22)19(2)9-11-21(12-10-19)14-16-6-4-3-5-7-16/h3-7,15,17H,8-14H2,1-2H3,(H,20,22)/t15-,17+/m1/s1. The van der Waals surface area contributed by atoms with E-state index in [1.165, 1.54) is 5.56 Å². The van der Waals surface area contributed by atoms with Gasteiger partial charge in [0.15, 0.2) is 0 Å². The van der Waals surface area contributed by atoms with Crippen molar-refractivity contribution in [3.63, 3.8) is 0 Å². The van der Waals surface area contributed by atoms with Crippen LogP contribution in [0.5, 0.6) is 0 Å². The van der Waals surface area contributed by atoms with Crippen LogP contribution in [0.2, 0.25) is 0 Å². The van der Waals surface area contributed by atoms with Gasteiger partial charge in [-0.05, 0) is 44.8 Å². The minimum absolute atomic E-state index is 0.140. The maximum absolute atomic E-state index is 12.7. The van der Waals surface area contributed by atoms with Crippen LogP contribution >= 0.6 is 0 Å². The Hall–Kier alpha value is -1.39. The monoisotopic (exact) mass is 316 g/mol. The number of nitrogens with zero attached hydrogens (tertiary/aromatic N) is 1. The maximum atomic E-state index is 12.7. The Labute approximate surface area is 139 Å². The predicted molar refractivity (Wildman–Crippen MR) is 91.0 cm³/mol. The molecule has 0 aromatic heterocycles. The number of rotatable bonds is 4. The minimum atomic E-state index is -0.241. The SMILES string of the molecule is C[C@H]1OCC[C@@H]1NC(=O)C1(C)CCN(Cc2ccccc2)CC1. The van der Waals surface area contributed by atoms with Crippen molar-refractivity contribution >= 4 is 5.91 Å². The van der Waals surface area contributed by atoms with Crippen LogP contribution in [0.1, 0.15) is 38.7 Å². The van der Waals surface area contributed by atoms with Crippen LogP contribution in [0.25, 0.3) is 0 Å². The number of piperidine rings is 1. The van der Waals surface area contributed by atoms with Crippen molar-refractivity contribution in [2.24, 2.45) is 5.41 Å². The predicted octanol–water partition coefficient (Wildman–Crippen LogP) is 2.58. The van der Waals surface area contributed by atoms with Crippen molar-refractivity contribution in [1.29, 1.82) is 0 Å². The number of nitrogens with one attached hydrogen (secondary N) is 1. The quantitative estimate of drug-likeness (QED) is 0.928. The molecule has 2 atom stereocenters. The summed E-state index contributed by atoms with van der Waals surface area (Å²) < 4.78 is 5.55. The first-order valence-corrected chi connectivity index (χ1v) is 8.76. The molecule has 1 N–H and O–H groups in total. The number of benzene rings is 1. The molecule has 2 fully saturated rings. The van der Waals surface area contributed by atoms with Gasteiger partial charge in [-0.1, -0.05) is 37.3 Å². The van der Waals surface area contributed by atoms with Crippen molar-refractivity contribution in [3.05, 3.63) is 35.9 Å². The third kappa shape index (κ3) is 3.93. The summed E-state index contributed by atoms with van der Waals surface area (Å²) >= 11 is 0. The van der Waals surface area contributed by atoms with Crippen LogP contribution in [0.3, 0.4) is 0 Å². The summed E-state index contributed by atoms with van der Waals surface area (Å²) in [5.41, 5.74) is 1.10. The first-order valence-electron chi connectivity index (χ1n) is 8.76. The van der Waals surface area contributed by atoms with E-state index < -0.39 is 0 Å². The molecule has 2 heterocycles. The van der Waals surface area contributed by atoms with Crippen LogP contribution in [0, 0.1) is 5.41 Å². The minimum Gasteiger partial charge on any atom is -0.376 e. The lowest BCUT2D eigenvalue weighted by Crippen LogP contribution is -2.50. The van der Waals surface area contributed by atoms with Gasteiger partial charge in [-0.2, -0.15) is 0 Å². The number of hydrogen-bond acceptors (Lipinski definition) is 3. The van der Waals surface area contributed by atoms with Crippen molar-refractivity contribution in [2.75, 3.05) is 19.7 Å². The number of carbonyl (C=O) groups excluding carboxylic acids is 1. The van der Waals surface area contributed by atoms with Gasteiger partial charge in [0.05, 0.1) is 12.1 Å². The van der Waals surface area contributed by atoms with Gasteiger partial charge in [-0.3, -0.25) is 9.69 Å². The molecule has 4 heteroatoms. The number of amides is 1. The largest absolute Gasteiger partial charge is 0.376 e. The second kappa shape index (κ2) is 7.02. The highest BCUT2D eigenvalue weighted by Crippen LogP contribution is 2.32. The number of carbonyl (C=O) groups is 1. The van der Waals surface area contributed by atoms with E-state index >= 15 is 0 Å². The normalized spacial score (nSPS) is 27.7. The van der Waals surface area contributed by atoms with Gasteiger partial charge in [-0.25, -0.2) is 0 Å². The lowest BCUT2D eigenvalue weighted by Gasteiger charge is -2.39. The van der Waals surface area contributed by atoms with Crippen LogP contribution < -0.4 is 5.32 Å². The third-order valence-corrected chi connectivity index (χ3v) is 5.45. The highest BCUT2D eigenvalue weighted by Gasteiger charge is 2.39. The first kappa shape index (κ1) is 16.5. The molecule has 126 valence electrons. The molecule has 0 radical (unpaired) electrons. The lowest BCUT2D eigenvalue weighted by atomic mass is 9.79. The molecule has 0 spiro atoms. The Morgan fingerprint density at radius 3 is 2.61 bits per heavy atom. The van der Waals surface area contributed by atoms with E-state index in [0.717, 1.165) is 45.5 Å². The summed E-state index contributed by atoms with van der Waals surface area (Å²) in [5, 5.41) is 3.22. The molecule has 1 amide bonds. The highest BCUT2D eigenvalue weighted by molar-refractivity contribution is 5.82. The van der Waals surface area contributed by atoms with Crippen LogP contribution in [-0.2, 0) is 16.1 Å². The van der Waals surface area contributed by atoms with Gasteiger partial charge in [0, 0.05) is 18.6 Å². The zero-order valence-electron chi connectivity index (χ0n) is 14.3. The molecule has 4 nitrogen and oxygen atoms in total. The van der Waals surface area contributed by atoms with Crippen LogP contribution in [0.4, 0.5) is 0 Å². The molecule has 1 aromatic carbocycles. The van der Waals surface area contributed by atoms with Gasteiger partial charge in [0.2, 0.25) is 5.91 Å². The van der Waals surface area contributed by atoms with Gasteiger partial charge >= 0.3 is 0 Å². The number of likely N-dealkylation sites (tertiary alicyclic amines) is 1. The number of ether oxygens (including phenoxy) is 1. The average Bonchev–Trinajstić information content (AvgIpc) is 2.96. The van der Waals surface area contributed by atoms with Gasteiger partial charge < -0.3 is 10.1 Å². The molecule has 1 aromatic rings. The molecule has 2 aliphatic rings. The lowest BCUT2D eigenvalue weighted by molar-refractivity contribution is -0.134. The van der Waals surface area contributed by atoms with E-state index in [0.29, 0.717) is 0 Å². The Kier molecular flexibility index (Phi) is 5.02. The molecule has 0 unspecified atom stereocenters. The Balaban J connectivity index is 1.51. The molecule has 0 saturated carbocycles.